The van der Waals surface area contributed by atoms with E-state index in [9.17, 15) is 9.18 Å². The average molecular weight is 428 g/mol. The topological polar surface area (TPSA) is 50.7 Å². The number of halogens is 1. The first-order valence-electron chi connectivity index (χ1n) is 9.83. The van der Waals surface area contributed by atoms with Crippen LogP contribution >= 0.6 is 11.8 Å². The van der Waals surface area contributed by atoms with E-state index in [-0.39, 0.29) is 11.4 Å². The predicted octanol–water partition coefficient (Wildman–Crippen LogP) is 5.81. The molecule has 0 fully saturated rings. The maximum Gasteiger partial charge on any atom is 0.283 e. The van der Waals surface area contributed by atoms with Gasteiger partial charge >= 0.3 is 0 Å². The summed E-state index contributed by atoms with van der Waals surface area (Å²) in [4.78, 5) is 21.5. The summed E-state index contributed by atoms with van der Waals surface area (Å²) in [6.07, 6.45) is 1.83. The van der Waals surface area contributed by atoms with Crippen LogP contribution in [0.25, 0.3) is 27.8 Å². The second-order valence-corrected chi connectivity index (χ2v) is 8.02. The number of para-hydroxylation sites is 1. The van der Waals surface area contributed by atoms with Crippen LogP contribution in [0.3, 0.4) is 0 Å². The van der Waals surface area contributed by atoms with Crippen LogP contribution in [-0.2, 0) is 5.75 Å². The molecule has 152 valence electrons. The first kappa shape index (κ1) is 19.3. The minimum atomic E-state index is -0.269. The van der Waals surface area contributed by atoms with Crippen molar-refractivity contribution in [1.82, 2.24) is 14.5 Å². The monoisotopic (exact) mass is 427 g/mol. The van der Waals surface area contributed by atoms with E-state index in [1.54, 1.807) is 16.7 Å². The van der Waals surface area contributed by atoms with Crippen molar-refractivity contribution < 1.29 is 4.39 Å². The van der Waals surface area contributed by atoms with E-state index in [4.69, 9.17) is 4.98 Å². The molecule has 5 rings (SSSR count). The van der Waals surface area contributed by atoms with E-state index in [0.29, 0.717) is 21.9 Å². The Morgan fingerprint density at radius 2 is 1.58 bits per heavy atom. The quantitative estimate of drug-likeness (QED) is 0.284. The molecule has 3 aromatic carbocycles. The third-order valence-corrected chi connectivity index (χ3v) is 6.06. The van der Waals surface area contributed by atoms with E-state index < -0.39 is 0 Å². The molecule has 31 heavy (non-hydrogen) atoms. The summed E-state index contributed by atoms with van der Waals surface area (Å²) < 4.78 is 14.9. The normalized spacial score (nSPS) is 11.1. The largest absolute Gasteiger partial charge is 0.355 e. The van der Waals surface area contributed by atoms with Crippen LogP contribution in [0.15, 0.2) is 101 Å². The molecule has 0 aliphatic carbocycles. The second kappa shape index (κ2) is 8.24. The van der Waals surface area contributed by atoms with E-state index in [1.807, 2.05) is 66.9 Å². The highest BCUT2D eigenvalue weighted by atomic mass is 32.2. The average Bonchev–Trinajstić information content (AvgIpc) is 3.24. The van der Waals surface area contributed by atoms with Crippen molar-refractivity contribution >= 4 is 22.8 Å². The summed E-state index contributed by atoms with van der Waals surface area (Å²) in [6, 6.07) is 25.7. The molecule has 0 amide bonds. The molecular weight excluding hydrogens is 409 g/mol. The molecule has 2 aromatic heterocycles. The number of H-pyrrole nitrogens is 1. The Labute approximate surface area is 182 Å². The number of hydrogen-bond acceptors (Lipinski definition) is 3. The van der Waals surface area contributed by atoms with E-state index in [1.165, 1.54) is 23.9 Å². The third-order valence-electron chi connectivity index (χ3n) is 5.05. The highest BCUT2D eigenvalue weighted by molar-refractivity contribution is 7.98. The van der Waals surface area contributed by atoms with Crippen molar-refractivity contribution in [2.75, 3.05) is 0 Å². The lowest BCUT2D eigenvalue weighted by atomic mass is 10.1. The number of nitrogens with zero attached hydrogens (tertiary/aromatic N) is 2. The van der Waals surface area contributed by atoms with Crippen molar-refractivity contribution in [3.05, 3.63) is 113 Å². The van der Waals surface area contributed by atoms with Gasteiger partial charge in [-0.2, -0.15) is 0 Å². The van der Waals surface area contributed by atoms with Gasteiger partial charge in [0.1, 0.15) is 16.9 Å². The number of rotatable bonds is 5. The molecule has 4 nitrogen and oxygen atoms in total. The zero-order valence-corrected chi connectivity index (χ0v) is 17.3. The Balaban J connectivity index is 1.66. The van der Waals surface area contributed by atoms with Crippen LogP contribution in [-0.4, -0.2) is 14.5 Å². The van der Waals surface area contributed by atoms with Gasteiger partial charge in [0.15, 0.2) is 5.16 Å². The summed E-state index contributed by atoms with van der Waals surface area (Å²) in [5.74, 6) is 0.296. The van der Waals surface area contributed by atoms with Crippen LogP contribution in [0.4, 0.5) is 4.39 Å². The maximum atomic E-state index is 13.5. The Hall–Kier alpha value is -3.64. The van der Waals surface area contributed by atoms with Gasteiger partial charge < -0.3 is 4.98 Å². The summed E-state index contributed by atoms with van der Waals surface area (Å²) in [5, 5.41) is 0.588. The second-order valence-electron chi connectivity index (χ2n) is 7.08. The summed E-state index contributed by atoms with van der Waals surface area (Å²) >= 11 is 1.45. The molecule has 0 bridgehead atoms. The van der Waals surface area contributed by atoms with Crippen molar-refractivity contribution in [3.63, 3.8) is 0 Å². The smallest absolute Gasteiger partial charge is 0.283 e. The van der Waals surface area contributed by atoms with E-state index in [2.05, 4.69) is 4.98 Å². The van der Waals surface area contributed by atoms with Crippen molar-refractivity contribution in [2.45, 2.75) is 10.9 Å². The van der Waals surface area contributed by atoms with Crippen molar-refractivity contribution in [2.24, 2.45) is 0 Å². The Bertz CT molecular complexity index is 1390. The van der Waals surface area contributed by atoms with E-state index in [0.717, 1.165) is 22.4 Å². The molecule has 0 saturated carbocycles. The SMILES string of the molecule is O=c1c2[nH]cc(-c3ccccc3)c2nc(SCc2ccc(F)cc2)n1-c1ccccc1. The van der Waals surface area contributed by atoms with Crippen LogP contribution in [0.5, 0.6) is 0 Å². The molecule has 0 saturated heterocycles. The maximum absolute atomic E-state index is 13.5. The van der Waals surface area contributed by atoms with Crippen LogP contribution in [0.2, 0.25) is 0 Å². The minimum absolute atomic E-state index is 0.153. The number of benzene rings is 3. The molecular formula is C25H18FN3OS. The Morgan fingerprint density at radius 3 is 2.29 bits per heavy atom. The Kier molecular flexibility index (Phi) is 5.14. The molecule has 0 aliphatic heterocycles. The van der Waals surface area contributed by atoms with Gasteiger partial charge in [-0.05, 0) is 35.4 Å². The number of thioether (sulfide) groups is 1. The zero-order chi connectivity index (χ0) is 21.2. The van der Waals surface area contributed by atoms with Gasteiger partial charge in [-0.1, -0.05) is 72.4 Å². The van der Waals surface area contributed by atoms with Gasteiger partial charge in [0.2, 0.25) is 0 Å². The minimum Gasteiger partial charge on any atom is -0.355 e. The number of aromatic nitrogens is 3. The van der Waals surface area contributed by atoms with Gasteiger partial charge in [-0.15, -0.1) is 0 Å². The van der Waals surface area contributed by atoms with Gasteiger partial charge in [-0.25, -0.2) is 9.37 Å². The number of hydrogen-bond donors (Lipinski definition) is 1. The molecule has 0 unspecified atom stereocenters. The van der Waals surface area contributed by atoms with Gasteiger partial charge in [-0.3, -0.25) is 9.36 Å². The van der Waals surface area contributed by atoms with Gasteiger partial charge in [0.25, 0.3) is 5.56 Å². The fourth-order valence-corrected chi connectivity index (χ4v) is 4.47. The molecule has 0 spiro atoms. The highest BCUT2D eigenvalue weighted by Gasteiger charge is 2.18. The molecule has 2 heterocycles. The molecule has 5 aromatic rings. The first-order chi connectivity index (χ1) is 15.2. The predicted molar refractivity (Wildman–Crippen MR) is 123 cm³/mol. The fraction of sp³-hybridized carbons (Fsp3) is 0.0400. The number of aromatic amines is 1. The third kappa shape index (κ3) is 3.78. The first-order valence-corrected chi connectivity index (χ1v) is 10.8. The van der Waals surface area contributed by atoms with Gasteiger partial charge in [0.05, 0.1) is 5.69 Å². The van der Waals surface area contributed by atoms with Crippen LogP contribution in [0.1, 0.15) is 5.56 Å². The molecule has 6 heteroatoms. The lowest BCUT2D eigenvalue weighted by Gasteiger charge is -2.12. The van der Waals surface area contributed by atoms with E-state index >= 15 is 0 Å². The van der Waals surface area contributed by atoms with Gasteiger partial charge in [0, 0.05) is 17.5 Å². The molecule has 0 aliphatic rings. The summed E-state index contributed by atoms with van der Waals surface area (Å²) in [6.45, 7) is 0. The molecule has 1 N–H and O–H groups in total. The summed E-state index contributed by atoms with van der Waals surface area (Å²) in [5.41, 5.74) is 4.54. The van der Waals surface area contributed by atoms with Crippen LogP contribution in [0, 0.1) is 5.82 Å². The number of fused-ring (bicyclic) bond motifs is 1. The van der Waals surface area contributed by atoms with Crippen molar-refractivity contribution in [3.8, 4) is 16.8 Å². The summed E-state index contributed by atoms with van der Waals surface area (Å²) in [7, 11) is 0. The van der Waals surface area contributed by atoms with Crippen LogP contribution < -0.4 is 5.56 Å². The fourth-order valence-electron chi connectivity index (χ4n) is 3.51. The lowest BCUT2D eigenvalue weighted by Crippen LogP contribution is -2.21. The number of nitrogens with one attached hydrogen (secondary N) is 1. The van der Waals surface area contributed by atoms with Crippen molar-refractivity contribution in [1.29, 1.82) is 0 Å². The standard InChI is InChI=1S/C25H18FN3OS/c26-19-13-11-17(12-14-19)16-31-25-28-22-21(18-7-3-1-4-8-18)15-27-23(22)24(30)29(25)20-9-5-2-6-10-20/h1-15,27H,16H2. The molecule has 0 atom stereocenters. The zero-order valence-electron chi connectivity index (χ0n) is 16.5. The Morgan fingerprint density at radius 1 is 0.903 bits per heavy atom. The lowest BCUT2D eigenvalue weighted by molar-refractivity contribution is 0.627. The molecule has 0 radical (unpaired) electrons. The highest BCUT2D eigenvalue weighted by Crippen LogP contribution is 2.29.